The molecule has 1 aliphatic rings. The van der Waals surface area contributed by atoms with Gasteiger partial charge in [0.1, 0.15) is 0 Å². The summed E-state index contributed by atoms with van der Waals surface area (Å²) in [5.41, 5.74) is 1.61. The molecule has 0 bridgehead atoms. The van der Waals surface area contributed by atoms with Gasteiger partial charge in [-0.25, -0.2) is 0 Å². The summed E-state index contributed by atoms with van der Waals surface area (Å²) in [4.78, 5) is 29.3. The Balaban J connectivity index is 1.79. The number of likely N-dealkylation sites (N-methyl/N-ethyl adjacent to an activating group) is 1. The van der Waals surface area contributed by atoms with Gasteiger partial charge in [-0.3, -0.25) is 9.59 Å². The van der Waals surface area contributed by atoms with Crippen molar-refractivity contribution in [3.63, 3.8) is 0 Å². The third-order valence-electron chi connectivity index (χ3n) is 6.09. The molecule has 2 amide bonds. The number of piperidine rings is 1. The molecule has 0 aliphatic carbocycles. The van der Waals surface area contributed by atoms with Crippen molar-refractivity contribution in [2.45, 2.75) is 31.2 Å². The first-order chi connectivity index (χ1) is 13.9. The number of hydrogen-bond acceptors (Lipinski definition) is 3. The summed E-state index contributed by atoms with van der Waals surface area (Å²) in [7, 11) is 4.06. The standard InChI is InChI=1S/C24H31N3O2/c1-19(28)27-16-14-24(15-17-27,21-12-8-5-9-13-21)23(29)25-18-22(26(2)3)20-10-6-4-7-11-20/h4-13,22H,14-18H2,1-3H3,(H,25,29). The molecule has 1 heterocycles. The minimum Gasteiger partial charge on any atom is -0.353 e. The molecule has 0 spiro atoms. The fraction of sp³-hybridized carbons (Fsp3) is 0.417. The fourth-order valence-corrected chi connectivity index (χ4v) is 4.24. The number of amides is 2. The van der Waals surface area contributed by atoms with Gasteiger partial charge in [0, 0.05) is 26.6 Å². The lowest BCUT2D eigenvalue weighted by Crippen LogP contribution is -2.53. The maximum absolute atomic E-state index is 13.5. The van der Waals surface area contributed by atoms with E-state index >= 15 is 0 Å². The molecule has 29 heavy (non-hydrogen) atoms. The monoisotopic (exact) mass is 393 g/mol. The average molecular weight is 394 g/mol. The number of nitrogens with one attached hydrogen (secondary N) is 1. The zero-order valence-electron chi connectivity index (χ0n) is 17.6. The van der Waals surface area contributed by atoms with E-state index in [2.05, 4.69) is 22.3 Å². The first-order valence-corrected chi connectivity index (χ1v) is 10.2. The molecule has 154 valence electrons. The van der Waals surface area contributed by atoms with E-state index in [1.165, 1.54) is 5.56 Å². The van der Waals surface area contributed by atoms with E-state index in [-0.39, 0.29) is 17.9 Å². The highest BCUT2D eigenvalue weighted by Crippen LogP contribution is 2.36. The minimum absolute atomic E-state index is 0.0506. The minimum atomic E-state index is -0.596. The summed E-state index contributed by atoms with van der Waals surface area (Å²) in [6.07, 6.45) is 1.28. The first-order valence-electron chi connectivity index (χ1n) is 10.2. The Morgan fingerprint density at radius 1 is 1.00 bits per heavy atom. The Labute approximate surface area is 173 Å². The largest absolute Gasteiger partial charge is 0.353 e. The normalized spacial score (nSPS) is 17.0. The Hall–Kier alpha value is -2.66. The Morgan fingerprint density at radius 3 is 2.07 bits per heavy atom. The van der Waals surface area contributed by atoms with Crippen molar-refractivity contribution in [3.8, 4) is 0 Å². The molecule has 5 heteroatoms. The van der Waals surface area contributed by atoms with E-state index in [0.717, 1.165) is 5.56 Å². The zero-order valence-corrected chi connectivity index (χ0v) is 17.6. The average Bonchev–Trinajstić information content (AvgIpc) is 2.75. The highest BCUT2D eigenvalue weighted by atomic mass is 16.2. The fourth-order valence-electron chi connectivity index (χ4n) is 4.24. The van der Waals surface area contributed by atoms with Crippen LogP contribution in [0.25, 0.3) is 0 Å². The van der Waals surface area contributed by atoms with E-state index in [0.29, 0.717) is 32.5 Å². The molecule has 3 rings (SSSR count). The van der Waals surface area contributed by atoms with Crippen LogP contribution in [0.2, 0.25) is 0 Å². The van der Waals surface area contributed by atoms with Gasteiger partial charge in [0.15, 0.2) is 0 Å². The molecule has 1 N–H and O–H groups in total. The number of rotatable bonds is 6. The molecule has 0 radical (unpaired) electrons. The molecule has 1 fully saturated rings. The van der Waals surface area contributed by atoms with E-state index in [1.54, 1.807) is 6.92 Å². The summed E-state index contributed by atoms with van der Waals surface area (Å²) in [6.45, 7) is 3.35. The summed E-state index contributed by atoms with van der Waals surface area (Å²) in [5, 5.41) is 3.23. The summed E-state index contributed by atoms with van der Waals surface area (Å²) < 4.78 is 0. The Kier molecular flexibility index (Phi) is 6.70. The first kappa shape index (κ1) is 21.1. The second kappa shape index (κ2) is 9.23. The van der Waals surface area contributed by atoms with Crippen molar-refractivity contribution >= 4 is 11.8 Å². The van der Waals surface area contributed by atoms with Gasteiger partial charge in [-0.15, -0.1) is 0 Å². The van der Waals surface area contributed by atoms with E-state index in [1.807, 2.05) is 67.5 Å². The number of likely N-dealkylation sites (tertiary alicyclic amines) is 1. The van der Waals surface area contributed by atoms with Crippen LogP contribution in [0.1, 0.15) is 36.9 Å². The van der Waals surface area contributed by atoms with Gasteiger partial charge in [0.2, 0.25) is 11.8 Å². The molecule has 2 aromatic carbocycles. The number of carbonyl (C=O) groups is 2. The van der Waals surface area contributed by atoms with Crippen LogP contribution in [0.3, 0.4) is 0 Å². The van der Waals surface area contributed by atoms with Crippen LogP contribution in [0, 0.1) is 0 Å². The topological polar surface area (TPSA) is 52.7 Å². The lowest BCUT2D eigenvalue weighted by Gasteiger charge is -2.41. The van der Waals surface area contributed by atoms with Crippen molar-refractivity contribution in [3.05, 3.63) is 71.8 Å². The van der Waals surface area contributed by atoms with E-state index < -0.39 is 5.41 Å². The van der Waals surface area contributed by atoms with Gasteiger partial charge in [0.25, 0.3) is 0 Å². The van der Waals surface area contributed by atoms with Crippen molar-refractivity contribution < 1.29 is 9.59 Å². The number of nitrogens with zero attached hydrogens (tertiary/aromatic N) is 2. The highest BCUT2D eigenvalue weighted by Gasteiger charge is 2.43. The molecular weight excluding hydrogens is 362 g/mol. The maximum atomic E-state index is 13.5. The third kappa shape index (κ3) is 4.67. The maximum Gasteiger partial charge on any atom is 0.230 e. The van der Waals surface area contributed by atoms with Crippen molar-refractivity contribution in [2.24, 2.45) is 0 Å². The smallest absolute Gasteiger partial charge is 0.230 e. The lowest BCUT2D eigenvalue weighted by molar-refractivity contribution is -0.135. The van der Waals surface area contributed by atoms with Gasteiger partial charge in [-0.1, -0.05) is 60.7 Å². The number of hydrogen-bond donors (Lipinski definition) is 1. The summed E-state index contributed by atoms with van der Waals surface area (Å²) in [5.74, 6) is 0.124. The predicted molar refractivity (Wildman–Crippen MR) is 115 cm³/mol. The number of benzene rings is 2. The molecule has 2 aromatic rings. The second-order valence-corrected chi connectivity index (χ2v) is 8.05. The SMILES string of the molecule is CC(=O)N1CCC(C(=O)NCC(c2ccccc2)N(C)C)(c2ccccc2)CC1. The molecular formula is C24H31N3O2. The molecule has 5 nitrogen and oxygen atoms in total. The van der Waals surface area contributed by atoms with Crippen LogP contribution >= 0.6 is 0 Å². The zero-order chi connectivity index (χ0) is 20.9. The van der Waals surface area contributed by atoms with Crippen LogP contribution in [0.5, 0.6) is 0 Å². The van der Waals surface area contributed by atoms with Crippen LogP contribution in [-0.4, -0.2) is 55.3 Å². The second-order valence-electron chi connectivity index (χ2n) is 8.05. The molecule has 1 atom stereocenters. The van der Waals surface area contributed by atoms with E-state index in [9.17, 15) is 9.59 Å². The third-order valence-corrected chi connectivity index (χ3v) is 6.09. The van der Waals surface area contributed by atoms with Crippen molar-refractivity contribution in [1.29, 1.82) is 0 Å². The molecule has 1 aliphatic heterocycles. The molecule has 0 aromatic heterocycles. The van der Waals surface area contributed by atoms with Gasteiger partial charge in [-0.2, -0.15) is 0 Å². The molecule has 0 saturated carbocycles. The van der Waals surface area contributed by atoms with Gasteiger partial charge >= 0.3 is 0 Å². The summed E-state index contributed by atoms with van der Waals surface area (Å²) in [6, 6.07) is 20.3. The van der Waals surface area contributed by atoms with Crippen LogP contribution in [-0.2, 0) is 15.0 Å². The highest BCUT2D eigenvalue weighted by molar-refractivity contribution is 5.89. The van der Waals surface area contributed by atoms with Crippen LogP contribution in [0.4, 0.5) is 0 Å². The Morgan fingerprint density at radius 2 is 1.55 bits per heavy atom. The number of carbonyl (C=O) groups excluding carboxylic acids is 2. The Bertz CT molecular complexity index is 813. The van der Waals surface area contributed by atoms with Crippen molar-refractivity contribution in [2.75, 3.05) is 33.7 Å². The van der Waals surface area contributed by atoms with Gasteiger partial charge in [-0.05, 0) is 38.1 Å². The lowest BCUT2D eigenvalue weighted by atomic mass is 9.72. The van der Waals surface area contributed by atoms with Crippen LogP contribution < -0.4 is 5.32 Å². The summed E-state index contributed by atoms with van der Waals surface area (Å²) >= 11 is 0. The molecule has 1 saturated heterocycles. The molecule has 1 unspecified atom stereocenters. The van der Waals surface area contributed by atoms with Gasteiger partial charge in [0.05, 0.1) is 11.5 Å². The quantitative estimate of drug-likeness (QED) is 0.821. The van der Waals surface area contributed by atoms with Crippen molar-refractivity contribution in [1.82, 2.24) is 15.1 Å². The van der Waals surface area contributed by atoms with E-state index in [4.69, 9.17) is 0 Å². The van der Waals surface area contributed by atoms with Gasteiger partial charge < -0.3 is 15.1 Å². The predicted octanol–water partition coefficient (Wildman–Crippen LogP) is 2.99. The van der Waals surface area contributed by atoms with Crippen LogP contribution in [0.15, 0.2) is 60.7 Å².